The summed E-state index contributed by atoms with van der Waals surface area (Å²) in [6.45, 7) is 7.30. The van der Waals surface area contributed by atoms with E-state index in [0.717, 1.165) is 19.3 Å². The molecule has 0 aromatic rings. The van der Waals surface area contributed by atoms with Crippen LogP contribution >= 0.6 is 10.7 Å². The van der Waals surface area contributed by atoms with E-state index < -0.39 is 9.05 Å². The van der Waals surface area contributed by atoms with Crippen molar-refractivity contribution in [2.24, 2.45) is 11.8 Å². The molecule has 98 valence electrons. The highest BCUT2D eigenvalue weighted by atomic mass is 35.7. The third-order valence-electron chi connectivity index (χ3n) is 2.58. The van der Waals surface area contributed by atoms with Crippen molar-refractivity contribution < 1.29 is 13.2 Å². The summed E-state index contributed by atoms with van der Waals surface area (Å²) < 4.78 is 27.5. The largest absolute Gasteiger partial charge is 0.381 e. The van der Waals surface area contributed by atoms with E-state index in [1.54, 1.807) is 0 Å². The molecule has 0 aliphatic heterocycles. The highest BCUT2D eigenvalue weighted by molar-refractivity contribution is 8.13. The first kappa shape index (κ1) is 16.2. The Bertz CT molecular complexity index is 262. The molecule has 5 heteroatoms. The molecule has 16 heavy (non-hydrogen) atoms. The van der Waals surface area contributed by atoms with Gasteiger partial charge in [-0.15, -0.1) is 0 Å². The van der Waals surface area contributed by atoms with Crippen molar-refractivity contribution in [2.45, 2.75) is 40.0 Å². The van der Waals surface area contributed by atoms with Gasteiger partial charge in [-0.25, -0.2) is 8.42 Å². The SMILES string of the molecule is CCCCCOCC(CS(=O)(=O)Cl)C(C)C. The van der Waals surface area contributed by atoms with Gasteiger partial charge >= 0.3 is 0 Å². The number of unbranched alkanes of at least 4 members (excludes halogenated alkanes) is 2. The summed E-state index contributed by atoms with van der Waals surface area (Å²) in [5.41, 5.74) is 0. The second kappa shape index (κ2) is 8.31. The standard InChI is InChI=1S/C11H23ClO3S/c1-4-5-6-7-15-8-11(10(2)3)9-16(12,13)14/h10-11H,4-9H2,1-3H3. The van der Waals surface area contributed by atoms with Gasteiger partial charge in [0.05, 0.1) is 12.4 Å². The predicted molar refractivity (Wildman–Crippen MR) is 68.3 cm³/mol. The van der Waals surface area contributed by atoms with Crippen LogP contribution in [0.5, 0.6) is 0 Å². The Hall–Kier alpha value is 0.200. The van der Waals surface area contributed by atoms with Gasteiger partial charge in [-0.1, -0.05) is 33.6 Å². The van der Waals surface area contributed by atoms with Crippen LogP contribution in [0.1, 0.15) is 40.0 Å². The van der Waals surface area contributed by atoms with Gasteiger partial charge in [0.25, 0.3) is 0 Å². The van der Waals surface area contributed by atoms with Crippen LogP contribution in [0.25, 0.3) is 0 Å². The molecule has 0 saturated heterocycles. The van der Waals surface area contributed by atoms with Gasteiger partial charge in [0.2, 0.25) is 9.05 Å². The second-order valence-corrected chi connectivity index (χ2v) is 7.31. The lowest BCUT2D eigenvalue weighted by molar-refractivity contribution is 0.0881. The van der Waals surface area contributed by atoms with Gasteiger partial charge < -0.3 is 4.74 Å². The Balaban J connectivity index is 3.87. The number of halogens is 1. The molecular formula is C11H23ClO3S. The molecule has 1 atom stereocenters. The van der Waals surface area contributed by atoms with Crippen molar-refractivity contribution in [1.29, 1.82) is 0 Å². The highest BCUT2D eigenvalue weighted by Crippen LogP contribution is 2.16. The van der Waals surface area contributed by atoms with Crippen LogP contribution in [-0.4, -0.2) is 27.4 Å². The maximum Gasteiger partial charge on any atom is 0.232 e. The van der Waals surface area contributed by atoms with Gasteiger partial charge in [-0.3, -0.25) is 0 Å². The van der Waals surface area contributed by atoms with Crippen LogP contribution in [0.3, 0.4) is 0 Å². The van der Waals surface area contributed by atoms with Gasteiger partial charge in [-0.05, 0) is 18.3 Å². The molecule has 0 radical (unpaired) electrons. The van der Waals surface area contributed by atoms with Crippen LogP contribution in [0.4, 0.5) is 0 Å². The van der Waals surface area contributed by atoms with E-state index in [0.29, 0.717) is 13.2 Å². The van der Waals surface area contributed by atoms with Gasteiger partial charge in [0.1, 0.15) is 0 Å². The number of rotatable bonds is 9. The molecule has 0 aromatic carbocycles. The summed E-state index contributed by atoms with van der Waals surface area (Å²) in [7, 11) is 1.83. The fourth-order valence-corrected chi connectivity index (χ4v) is 2.86. The summed E-state index contributed by atoms with van der Waals surface area (Å²) in [4.78, 5) is 0. The minimum atomic E-state index is -3.42. The maximum atomic E-state index is 11.0. The van der Waals surface area contributed by atoms with Crippen LogP contribution in [0, 0.1) is 11.8 Å². The lowest BCUT2D eigenvalue weighted by atomic mass is 9.99. The van der Waals surface area contributed by atoms with E-state index in [1.165, 1.54) is 0 Å². The van der Waals surface area contributed by atoms with Crippen LogP contribution in [-0.2, 0) is 13.8 Å². The molecule has 0 amide bonds. The topological polar surface area (TPSA) is 43.4 Å². The zero-order valence-electron chi connectivity index (χ0n) is 10.4. The van der Waals surface area contributed by atoms with Crippen molar-refractivity contribution in [3.05, 3.63) is 0 Å². The Kier molecular flexibility index (Phi) is 8.42. The molecule has 0 fully saturated rings. The van der Waals surface area contributed by atoms with E-state index in [-0.39, 0.29) is 17.6 Å². The molecule has 0 heterocycles. The van der Waals surface area contributed by atoms with E-state index >= 15 is 0 Å². The van der Waals surface area contributed by atoms with Gasteiger partial charge in [0, 0.05) is 17.3 Å². The van der Waals surface area contributed by atoms with Crippen molar-refractivity contribution in [3.8, 4) is 0 Å². The minimum absolute atomic E-state index is 0. The molecule has 1 unspecified atom stereocenters. The van der Waals surface area contributed by atoms with E-state index in [1.807, 2.05) is 13.8 Å². The van der Waals surface area contributed by atoms with Crippen LogP contribution in [0.2, 0.25) is 0 Å². The smallest absolute Gasteiger partial charge is 0.232 e. The average molecular weight is 271 g/mol. The quantitative estimate of drug-likeness (QED) is 0.478. The number of hydrogen-bond acceptors (Lipinski definition) is 3. The highest BCUT2D eigenvalue weighted by Gasteiger charge is 2.20. The normalized spacial score (nSPS) is 14.3. The first-order valence-corrected chi connectivity index (χ1v) is 8.34. The molecular weight excluding hydrogens is 248 g/mol. The number of ether oxygens (including phenoxy) is 1. The van der Waals surface area contributed by atoms with E-state index in [2.05, 4.69) is 6.92 Å². The van der Waals surface area contributed by atoms with E-state index in [9.17, 15) is 8.42 Å². The third kappa shape index (κ3) is 9.43. The maximum absolute atomic E-state index is 11.0. The average Bonchev–Trinajstić information content (AvgIpc) is 2.13. The Morgan fingerprint density at radius 2 is 1.88 bits per heavy atom. The van der Waals surface area contributed by atoms with Crippen molar-refractivity contribution in [3.63, 3.8) is 0 Å². The third-order valence-corrected chi connectivity index (χ3v) is 3.78. The fraction of sp³-hybridized carbons (Fsp3) is 1.00. The summed E-state index contributed by atoms with van der Waals surface area (Å²) in [6.07, 6.45) is 3.35. The summed E-state index contributed by atoms with van der Waals surface area (Å²) in [6, 6.07) is 0. The van der Waals surface area contributed by atoms with Crippen LogP contribution < -0.4 is 0 Å². The molecule has 3 nitrogen and oxygen atoms in total. The zero-order chi connectivity index (χ0) is 12.6. The van der Waals surface area contributed by atoms with E-state index in [4.69, 9.17) is 15.4 Å². The molecule has 0 saturated carbocycles. The molecule has 0 rings (SSSR count). The Labute approximate surface area is 104 Å². The summed E-state index contributed by atoms with van der Waals surface area (Å²) >= 11 is 0. The van der Waals surface area contributed by atoms with Crippen molar-refractivity contribution in [2.75, 3.05) is 19.0 Å². The Morgan fingerprint density at radius 1 is 1.25 bits per heavy atom. The van der Waals surface area contributed by atoms with Crippen molar-refractivity contribution in [1.82, 2.24) is 0 Å². The second-order valence-electron chi connectivity index (χ2n) is 4.49. The zero-order valence-corrected chi connectivity index (χ0v) is 12.0. The number of hydrogen-bond donors (Lipinski definition) is 0. The van der Waals surface area contributed by atoms with Gasteiger partial charge in [0.15, 0.2) is 0 Å². The van der Waals surface area contributed by atoms with Crippen LogP contribution in [0.15, 0.2) is 0 Å². The first-order valence-electron chi connectivity index (χ1n) is 5.87. The first-order chi connectivity index (χ1) is 7.37. The monoisotopic (exact) mass is 270 g/mol. The molecule has 0 bridgehead atoms. The molecule has 0 aromatic heterocycles. The molecule has 0 spiro atoms. The molecule has 0 aliphatic carbocycles. The predicted octanol–water partition coefficient (Wildman–Crippen LogP) is 3.03. The summed E-state index contributed by atoms with van der Waals surface area (Å²) in [5.74, 6) is 0.254. The molecule has 0 N–H and O–H groups in total. The summed E-state index contributed by atoms with van der Waals surface area (Å²) in [5, 5.41) is 0. The van der Waals surface area contributed by atoms with Gasteiger partial charge in [-0.2, -0.15) is 0 Å². The van der Waals surface area contributed by atoms with Crippen molar-refractivity contribution >= 4 is 19.7 Å². The minimum Gasteiger partial charge on any atom is -0.381 e. The lowest BCUT2D eigenvalue weighted by Crippen LogP contribution is -2.23. The Morgan fingerprint density at radius 3 is 2.31 bits per heavy atom. The lowest BCUT2D eigenvalue weighted by Gasteiger charge is -2.19. The fourth-order valence-electron chi connectivity index (χ4n) is 1.38. The molecule has 0 aliphatic rings.